The minimum atomic E-state index is -0.186. The zero-order valence-corrected chi connectivity index (χ0v) is 15.7. The van der Waals surface area contributed by atoms with Gasteiger partial charge in [-0.15, -0.1) is 0 Å². The lowest BCUT2D eigenvalue weighted by atomic mass is 10.1. The molecule has 1 fully saturated rings. The van der Waals surface area contributed by atoms with Crippen molar-refractivity contribution >= 4 is 23.2 Å². The van der Waals surface area contributed by atoms with Crippen molar-refractivity contribution in [3.8, 4) is 5.75 Å². The number of carbonyl (C=O) groups is 2. The molecule has 0 saturated heterocycles. The Hall–Kier alpha value is -3.02. The van der Waals surface area contributed by atoms with E-state index in [-0.39, 0.29) is 18.4 Å². The number of carbonyl (C=O) groups excluding carboxylic acids is 2. The van der Waals surface area contributed by atoms with Crippen LogP contribution in [0.15, 0.2) is 42.5 Å². The summed E-state index contributed by atoms with van der Waals surface area (Å²) in [6, 6.07) is 13.1. The molecule has 0 unspecified atom stereocenters. The Labute approximate surface area is 159 Å². The summed E-state index contributed by atoms with van der Waals surface area (Å²) in [5.74, 6) is 0.383. The van der Waals surface area contributed by atoms with E-state index >= 15 is 0 Å². The maximum atomic E-state index is 12.3. The average Bonchev–Trinajstić information content (AvgIpc) is 3.47. The van der Waals surface area contributed by atoms with Crippen molar-refractivity contribution in [2.24, 2.45) is 0 Å². The minimum absolute atomic E-state index is 0.0735. The topological polar surface area (TPSA) is 79.5 Å². The zero-order chi connectivity index (χ0) is 19.2. The maximum Gasteiger partial charge on any atom is 0.251 e. The van der Waals surface area contributed by atoms with Gasteiger partial charge in [0, 0.05) is 17.3 Å². The molecule has 1 aliphatic rings. The molecule has 0 bridgehead atoms. The summed E-state index contributed by atoms with van der Waals surface area (Å²) >= 11 is 0. The fraction of sp³-hybridized carbons (Fsp3) is 0.333. The van der Waals surface area contributed by atoms with Gasteiger partial charge in [0.25, 0.3) is 5.91 Å². The Bertz CT molecular complexity index is 831. The summed E-state index contributed by atoms with van der Waals surface area (Å²) < 4.78 is 5.52. The van der Waals surface area contributed by atoms with E-state index in [4.69, 9.17) is 4.74 Å². The molecule has 1 aliphatic carbocycles. The highest BCUT2D eigenvalue weighted by atomic mass is 16.5. The van der Waals surface area contributed by atoms with Crippen LogP contribution in [0.5, 0.6) is 5.75 Å². The Kier molecular flexibility index (Phi) is 5.96. The van der Waals surface area contributed by atoms with Crippen molar-refractivity contribution in [2.45, 2.75) is 32.7 Å². The third-order valence-electron chi connectivity index (χ3n) is 4.31. The third-order valence-corrected chi connectivity index (χ3v) is 4.31. The Morgan fingerprint density at radius 1 is 1.11 bits per heavy atom. The molecule has 2 aromatic rings. The van der Waals surface area contributed by atoms with E-state index < -0.39 is 0 Å². The quantitative estimate of drug-likeness (QED) is 0.669. The first kappa shape index (κ1) is 18.8. The number of nitrogens with one attached hydrogen (secondary N) is 3. The Balaban J connectivity index is 1.60. The molecule has 3 rings (SSSR count). The lowest BCUT2D eigenvalue weighted by Crippen LogP contribution is -2.26. The van der Waals surface area contributed by atoms with Crippen molar-refractivity contribution in [1.29, 1.82) is 0 Å². The summed E-state index contributed by atoms with van der Waals surface area (Å²) in [6.45, 7) is 4.46. The van der Waals surface area contributed by atoms with E-state index in [1.807, 2.05) is 38.1 Å². The van der Waals surface area contributed by atoms with Gasteiger partial charge in [-0.05, 0) is 56.5 Å². The minimum Gasteiger partial charge on any atom is -0.492 e. The van der Waals surface area contributed by atoms with Gasteiger partial charge < -0.3 is 20.7 Å². The van der Waals surface area contributed by atoms with Crippen LogP contribution >= 0.6 is 0 Å². The largest absolute Gasteiger partial charge is 0.492 e. The van der Waals surface area contributed by atoms with Crippen LogP contribution in [-0.4, -0.2) is 31.0 Å². The number of hydrogen-bond donors (Lipinski definition) is 3. The van der Waals surface area contributed by atoms with Gasteiger partial charge in [0.15, 0.2) is 0 Å². The monoisotopic (exact) mass is 367 g/mol. The Morgan fingerprint density at radius 2 is 1.89 bits per heavy atom. The van der Waals surface area contributed by atoms with Crippen molar-refractivity contribution in [1.82, 2.24) is 5.32 Å². The second kappa shape index (κ2) is 8.58. The summed E-state index contributed by atoms with van der Waals surface area (Å²) in [4.78, 5) is 24.5. The van der Waals surface area contributed by atoms with E-state index in [1.165, 1.54) is 0 Å². The molecule has 142 valence electrons. The maximum absolute atomic E-state index is 12.3. The van der Waals surface area contributed by atoms with Crippen LogP contribution in [0.3, 0.4) is 0 Å². The Morgan fingerprint density at radius 3 is 2.63 bits per heavy atom. The molecular formula is C21H25N3O3. The standard InChI is InChI=1S/C21H25N3O3/c1-3-27-19-7-5-4-6-17(19)24-20(25)13-22-18-12-15(9-8-14(18)2)21(26)23-16-10-11-16/h4-9,12,16,22H,3,10-11,13H2,1-2H3,(H,23,26)(H,24,25). The SMILES string of the molecule is CCOc1ccccc1NC(=O)CNc1cc(C(=O)NC2CC2)ccc1C. The van der Waals surface area contributed by atoms with E-state index in [2.05, 4.69) is 16.0 Å². The van der Waals surface area contributed by atoms with Gasteiger partial charge in [-0.1, -0.05) is 18.2 Å². The van der Waals surface area contributed by atoms with E-state index in [1.54, 1.807) is 18.2 Å². The van der Waals surface area contributed by atoms with Crippen molar-refractivity contribution in [2.75, 3.05) is 23.8 Å². The molecule has 1 saturated carbocycles. The van der Waals surface area contributed by atoms with Crippen LogP contribution in [0, 0.1) is 6.92 Å². The smallest absolute Gasteiger partial charge is 0.251 e. The van der Waals surface area contributed by atoms with Crippen LogP contribution in [-0.2, 0) is 4.79 Å². The fourth-order valence-electron chi connectivity index (χ4n) is 2.67. The van der Waals surface area contributed by atoms with E-state index in [0.29, 0.717) is 29.6 Å². The summed E-state index contributed by atoms with van der Waals surface area (Å²) in [7, 11) is 0. The molecule has 0 heterocycles. The molecule has 0 atom stereocenters. The highest BCUT2D eigenvalue weighted by molar-refractivity contribution is 5.97. The molecule has 3 N–H and O–H groups in total. The van der Waals surface area contributed by atoms with Crippen LogP contribution in [0.1, 0.15) is 35.7 Å². The molecule has 2 amide bonds. The van der Waals surface area contributed by atoms with Crippen LogP contribution in [0.4, 0.5) is 11.4 Å². The molecule has 27 heavy (non-hydrogen) atoms. The highest BCUT2D eigenvalue weighted by Crippen LogP contribution is 2.24. The molecule has 6 nitrogen and oxygen atoms in total. The van der Waals surface area contributed by atoms with E-state index in [9.17, 15) is 9.59 Å². The van der Waals surface area contributed by atoms with Gasteiger partial charge in [0.05, 0.1) is 18.8 Å². The van der Waals surface area contributed by atoms with Crippen LogP contribution < -0.4 is 20.7 Å². The fourth-order valence-corrected chi connectivity index (χ4v) is 2.67. The van der Waals surface area contributed by atoms with Gasteiger partial charge in [0.1, 0.15) is 5.75 Å². The third kappa shape index (κ3) is 5.23. The van der Waals surface area contributed by atoms with E-state index in [0.717, 1.165) is 24.1 Å². The number of para-hydroxylation sites is 2. The zero-order valence-electron chi connectivity index (χ0n) is 15.7. The van der Waals surface area contributed by atoms with Crippen molar-refractivity contribution in [3.05, 3.63) is 53.6 Å². The van der Waals surface area contributed by atoms with Crippen molar-refractivity contribution in [3.63, 3.8) is 0 Å². The second-order valence-corrected chi connectivity index (χ2v) is 6.61. The summed E-state index contributed by atoms with van der Waals surface area (Å²) in [5.41, 5.74) is 2.98. The van der Waals surface area contributed by atoms with Gasteiger partial charge in [-0.3, -0.25) is 9.59 Å². The first-order valence-electron chi connectivity index (χ1n) is 9.24. The number of ether oxygens (including phenoxy) is 1. The normalized spacial score (nSPS) is 13.0. The van der Waals surface area contributed by atoms with Crippen LogP contribution in [0.25, 0.3) is 0 Å². The predicted molar refractivity (Wildman–Crippen MR) is 106 cm³/mol. The van der Waals surface area contributed by atoms with Gasteiger partial charge in [-0.25, -0.2) is 0 Å². The first-order valence-corrected chi connectivity index (χ1v) is 9.24. The van der Waals surface area contributed by atoms with Gasteiger partial charge in [-0.2, -0.15) is 0 Å². The summed E-state index contributed by atoms with van der Waals surface area (Å²) in [5, 5.41) is 8.94. The number of rotatable bonds is 8. The lowest BCUT2D eigenvalue weighted by Gasteiger charge is -2.14. The molecule has 0 aromatic heterocycles. The number of hydrogen-bond acceptors (Lipinski definition) is 4. The van der Waals surface area contributed by atoms with Gasteiger partial charge >= 0.3 is 0 Å². The molecule has 6 heteroatoms. The second-order valence-electron chi connectivity index (χ2n) is 6.61. The summed E-state index contributed by atoms with van der Waals surface area (Å²) in [6.07, 6.45) is 2.10. The number of benzene rings is 2. The van der Waals surface area contributed by atoms with Crippen LogP contribution in [0.2, 0.25) is 0 Å². The highest BCUT2D eigenvalue weighted by Gasteiger charge is 2.24. The predicted octanol–water partition coefficient (Wildman–Crippen LogP) is 3.34. The number of aryl methyl sites for hydroxylation is 1. The first-order chi connectivity index (χ1) is 13.1. The number of amides is 2. The average molecular weight is 367 g/mol. The lowest BCUT2D eigenvalue weighted by molar-refractivity contribution is -0.114. The van der Waals surface area contributed by atoms with Gasteiger partial charge in [0.2, 0.25) is 5.91 Å². The molecule has 2 aromatic carbocycles. The van der Waals surface area contributed by atoms with Crippen molar-refractivity contribution < 1.29 is 14.3 Å². The number of anilines is 2. The molecule has 0 aliphatic heterocycles. The molecule has 0 radical (unpaired) electrons. The molecular weight excluding hydrogens is 342 g/mol. The molecule has 0 spiro atoms.